The second-order valence-electron chi connectivity index (χ2n) is 7.17. The summed E-state index contributed by atoms with van der Waals surface area (Å²) in [6.07, 6.45) is 0. The van der Waals surface area contributed by atoms with Crippen molar-refractivity contribution in [2.24, 2.45) is 5.92 Å². The average Bonchev–Trinajstić information content (AvgIpc) is 3.02. The Labute approximate surface area is 164 Å². The number of aryl methyl sites for hydroxylation is 2. The molecule has 142 valence electrons. The van der Waals surface area contributed by atoms with Gasteiger partial charge in [0.2, 0.25) is 5.16 Å². The normalized spacial score (nSPS) is 11.3. The first kappa shape index (κ1) is 19.4. The molecule has 0 fully saturated rings. The minimum absolute atomic E-state index is 0.0518. The van der Waals surface area contributed by atoms with Crippen LogP contribution in [0.3, 0.4) is 0 Å². The van der Waals surface area contributed by atoms with Crippen LogP contribution in [0.1, 0.15) is 41.2 Å². The Bertz CT molecular complexity index is 966. The molecule has 27 heavy (non-hydrogen) atoms. The molecular formula is C20H25N5OS. The molecule has 0 unspecified atom stereocenters. The Kier molecular flexibility index (Phi) is 5.79. The zero-order valence-electron chi connectivity index (χ0n) is 16.4. The Morgan fingerprint density at radius 3 is 2.70 bits per heavy atom. The number of amides is 1. The third-order valence-corrected chi connectivity index (χ3v) is 5.08. The number of aromatic nitrogens is 4. The van der Waals surface area contributed by atoms with Crippen LogP contribution in [-0.2, 0) is 5.75 Å². The van der Waals surface area contributed by atoms with Gasteiger partial charge in [-0.2, -0.15) is 4.98 Å². The lowest BCUT2D eigenvalue weighted by atomic mass is 10.1. The second kappa shape index (κ2) is 8.08. The van der Waals surface area contributed by atoms with Gasteiger partial charge >= 0.3 is 0 Å². The van der Waals surface area contributed by atoms with Crippen molar-refractivity contribution >= 4 is 23.4 Å². The molecule has 6 nitrogen and oxygen atoms in total. The lowest BCUT2D eigenvalue weighted by Gasteiger charge is -2.20. The minimum atomic E-state index is 0.0518. The van der Waals surface area contributed by atoms with Gasteiger partial charge in [-0.05, 0) is 37.5 Å². The van der Waals surface area contributed by atoms with Crippen LogP contribution in [0.25, 0.3) is 5.78 Å². The van der Waals surface area contributed by atoms with Gasteiger partial charge in [-0.25, -0.2) is 9.50 Å². The minimum Gasteiger partial charge on any atom is -0.341 e. The summed E-state index contributed by atoms with van der Waals surface area (Å²) in [7, 11) is 1.85. The van der Waals surface area contributed by atoms with Crippen LogP contribution in [0.2, 0.25) is 0 Å². The van der Waals surface area contributed by atoms with Gasteiger partial charge in [0, 0.05) is 36.3 Å². The van der Waals surface area contributed by atoms with Crippen LogP contribution in [0, 0.1) is 19.8 Å². The molecule has 0 atom stereocenters. The Hall–Kier alpha value is -2.41. The molecule has 7 heteroatoms. The van der Waals surface area contributed by atoms with Crippen molar-refractivity contribution in [1.82, 2.24) is 24.5 Å². The third-order valence-electron chi connectivity index (χ3n) is 4.19. The van der Waals surface area contributed by atoms with Gasteiger partial charge in [-0.1, -0.05) is 43.8 Å². The Morgan fingerprint density at radius 2 is 1.96 bits per heavy atom. The molecule has 0 aliphatic rings. The van der Waals surface area contributed by atoms with E-state index in [1.807, 2.05) is 51.2 Å². The number of fused-ring (bicyclic) bond motifs is 1. The first-order valence-electron chi connectivity index (χ1n) is 9.02. The lowest BCUT2D eigenvalue weighted by Crippen LogP contribution is -2.30. The first-order chi connectivity index (χ1) is 12.8. The van der Waals surface area contributed by atoms with Gasteiger partial charge in [-0.3, -0.25) is 4.79 Å². The highest BCUT2D eigenvalue weighted by molar-refractivity contribution is 7.98. The number of thioether (sulfide) groups is 1. The van der Waals surface area contributed by atoms with E-state index in [1.54, 1.807) is 9.42 Å². The van der Waals surface area contributed by atoms with E-state index < -0.39 is 0 Å². The maximum atomic E-state index is 12.8. The van der Waals surface area contributed by atoms with E-state index >= 15 is 0 Å². The lowest BCUT2D eigenvalue weighted by molar-refractivity contribution is 0.0778. The van der Waals surface area contributed by atoms with Gasteiger partial charge in [0.05, 0.1) is 0 Å². The van der Waals surface area contributed by atoms with Crippen molar-refractivity contribution in [3.8, 4) is 0 Å². The summed E-state index contributed by atoms with van der Waals surface area (Å²) >= 11 is 1.52. The molecule has 0 spiro atoms. The molecule has 1 amide bonds. The van der Waals surface area contributed by atoms with Crippen LogP contribution < -0.4 is 0 Å². The smallest absolute Gasteiger partial charge is 0.253 e. The van der Waals surface area contributed by atoms with Gasteiger partial charge < -0.3 is 4.90 Å². The fourth-order valence-corrected chi connectivity index (χ4v) is 3.86. The maximum absolute atomic E-state index is 12.8. The molecule has 2 aromatic heterocycles. The van der Waals surface area contributed by atoms with Crippen molar-refractivity contribution in [1.29, 1.82) is 0 Å². The maximum Gasteiger partial charge on any atom is 0.253 e. The van der Waals surface area contributed by atoms with Crippen molar-refractivity contribution in [2.45, 2.75) is 38.6 Å². The summed E-state index contributed by atoms with van der Waals surface area (Å²) in [4.78, 5) is 23.5. The quantitative estimate of drug-likeness (QED) is 0.607. The average molecular weight is 384 g/mol. The van der Waals surface area contributed by atoms with Crippen molar-refractivity contribution in [3.05, 3.63) is 52.8 Å². The zero-order valence-corrected chi connectivity index (χ0v) is 17.2. The molecular weight excluding hydrogens is 358 g/mol. The van der Waals surface area contributed by atoms with Gasteiger partial charge in [0.15, 0.2) is 0 Å². The van der Waals surface area contributed by atoms with E-state index in [0.717, 1.165) is 29.1 Å². The first-order valence-corrected chi connectivity index (χ1v) is 10.0. The summed E-state index contributed by atoms with van der Waals surface area (Å²) in [5.74, 6) is 1.72. The SMILES string of the molecule is Cc1cc(C)n2nc(SCc3ccccc3C(=O)N(C)CC(C)C)nc2n1. The van der Waals surface area contributed by atoms with Crippen LogP contribution in [-0.4, -0.2) is 44.0 Å². The molecule has 3 rings (SSSR count). The third kappa shape index (κ3) is 4.47. The van der Waals surface area contributed by atoms with Gasteiger partial charge in [0.25, 0.3) is 11.7 Å². The zero-order chi connectivity index (χ0) is 19.6. The number of hydrogen-bond acceptors (Lipinski definition) is 5. The van der Waals surface area contributed by atoms with Crippen LogP contribution in [0.15, 0.2) is 35.5 Å². The highest BCUT2D eigenvalue weighted by Crippen LogP contribution is 2.23. The molecule has 0 saturated heterocycles. The van der Waals surface area contributed by atoms with Crippen LogP contribution in [0.4, 0.5) is 0 Å². The number of rotatable bonds is 6. The van der Waals surface area contributed by atoms with E-state index in [2.05, 4.69) is 28.9 Å². The molecule has 0 N–H and O–H groups in total. The van der Waals surface area contributed by atoms with Crippen LogP contribution in [0.5, 0.6) is 0 Å². The summed E-state index contributed by atoms with van der Waals surface area (Å²) in [5, 5.41) is 5.19. The van der Waals surface area contributed by atoms with Crippen molar-refractivity contribution < 1.29 is 4.79 Å². The van der Waals surface area contributed by atoms with Gasteiger partial charge in [-0.15, -0.1) is 5.10 Å². The number of nitrogens with zero attached hydrogens (tertiary/aromatic N) is 5. The predicted octanol–water partition coefficient (Wildman–Crippen LogP) is 3.76. The van der Waals surface area contributed by atoms with Crippen molar-refractivity contribution in [2.75, 3.05) is 13.6 Å². The highest BCUT2D eigenvalue weighted by Gasteiger charge is 2.17. The van der Waals surface area contributed by atoms with Crippen LogP contribution >= 0.6 is 11.8 Å². The number of benzene rings is 1. The van der Waals surface area contributed by atoms with E-state index in [0.29, 0.717) is 22.6 Å². The van der Waals surface area contributed by atoms with Crippen molar-refractivity contribution in [3.63, 3.8) is 0 Å². The standard InChI is InChI=1S/C20H25N5OS/c1-13(2)11-24(5)18(26)17-9-7-6-8-16(17)12-27-20-22-19-21-14(3)10-15(4)25(19)23-20/h6-10,13H,11-12H2,1-5H3. The molecule has 2 heterocycles. The number of hydrogen-bond donors (Lipinski definition) is 0. The molecule has 3 aromatic rings. The fraction of sp³-hybridized carbons (Fsp3) is 0.400. The van der Waals surface area contributed by atoms with E-state index in [1.165, 1.54) is 11.8 Å². The molecule has 0 aliphatic heterocycles. The Balaban J connectivity index is 1.79. The monoisotopic (exact) mass is 383 g/mol. The molecule has 0 saturated carbocycles. The summed E-state index contributed by atoms with van der Waals surface area (Å²) in [6, 6.07) is 9.73. The topological polar surface area (TPSA) is 63.4 Å². The fourth-order valence-electron chi connectivity index (χ4n) is 3.04. The number of carbonyl (C=O) groups is 1. The highest BCUT2D eigenvalue weighted by atomic mass is 32.2. The largest absolute Gasteiger partial charge is 0.341 e. The molecule has 0 bridgehead atoms. The molecule has 1 aromatic carbocycles. The van der Waals surface area contributed by atoms with Gasteiger partial charge in [0.1, 0.15) is 0 Å². The second-order valence-corrected chi connectivity index (χ2v) is 8.11. The Morgan fingerprint density at radius 1 is 1.22 bits per heavy atom. The summed E-state index contributed by atoms with van der Waals surface area (Å²) in [6.45, 7) is 8.89. The summed E-state index contributed by atoms with van der Waals surface area (Å²) in [5.41, 5.74) is 3.65. The molecule has 0 aliphatic carbocycles. The number of carbonyl (C=O) groups excluding carboxylic acids is 1. The van der Waals surface area contributed by atoms with E-state index in [9.17, 15) is 4.79 Å². The predicted molar refractivity (Wildman–Crippen MR) is 108 cm³/mol. The molecule has 0 radical (unpaired) electrons. The van der Waals surface area contributed by atoms with E-state index in [-0.39, 0.29) is 5.91 Å². The van der Waals surface area contributed by atoms with E-state index in [4.69, 9.17) is 0 Å². The summed E-state index contributed by atoms with van der Waals surface area (Å²) < 4.78 is 1.75.